The first-order chi connectivity index (χ1) is 28.2. The smallest absolute Gasteiger partial charge is 0.142 e. The second kappa shape index (κ2) is 14.7. The molecule has 0 aliphatic heterocycles. The predicted octanol–water partition coefficient (Wildman–Crippen LogP) is 10.7. The summed E-state index contributed by atoms with van der Waals surface area (Å²) in [5.41, 5.74) is 2.90. The largest absolute Gasteiger partial charge is 0.376 e. The molecule has 284 valence electrons. The number of fused-ring (bicyclic) bond motifs is 4. The van der Waals surface area contributed by atoms with Crippen LogP contribution >= 0.6 is 31.9 Å². The van der Waals surface area contributed by atoms with Gasteiger partial charge in [0.2, 0.25) is 0 Å². The van der Waals surface area contributed by atoms with Crippen LogP contribution in [0.4, 0.5) is 0 Å². The molecule has 0 heterocycles. The number of benzene rings is 8. The minimum atomic E-state index is -1.39. The van der Waals surface area contributed by atoms with E-state index in [2.05, 4.69) is 31.9 Å². The minimum absolute atomic E-state index is 0.663. The summed E-state index contributed by atoms with van der Waals surface area (Å²) in [4.78, 5) is 0. The molecule has 0 amide bonds. The van der Waals surface area contributed by atoms with Crippen LogP contribution in [0.5, 0.6) is 0 Å². The van der Waals surface area contributed by atoms with E-state index in [4.69, 9.17) is 0 Å². The summed E-state index contributed by atoms with van der Waals surface area (Å²) >= 11 is 7.32. The molecule has 0 radical (unpaired) electrons. The predicted molar refractivity (Wildman–Crippen MR) is 235 cm³/mol. The maximum Gasteiger partial charge on any atom is 0.142 e. The Labute approximate surface area is 354 Å². The normalized spacial score (nSPS) is 22.6. The van der Waals surface area contributed by atoms with E-state index in [0.717, 1.165) is 31.2 Å². The van der Waals surface area contributed by atoms with Crippen LogP contribution in [0.15, 0.2) is 215 Å². The summed E-state index contributed by atoms with van der Waals surface area (Å²) in [6.45, 7) is 0. The molecule has 2 aliphatic carbocycles. The quantitative estimate of drug-likeness (QED) is 0.142. The van der Waals surface area contributed by atoms with Crippen LogP contribution in [-0.4, -0.2) is 20.4 Å². The summed E-state index contributed by atoms with van der Waals surface area (Å²) < 4.78 is 1.51. The van der Waals surface area contributed by atoms with Crippen molar-refractivity contribution >= 4 is 31.9 Å². The summed E-state index contributed by atoms with van der Waals surface area (Å²) in [7, 11) is 0. The van der Waals surface area contributed by atoms with Crippen LogP contribution in [0.1, 0.15) is 66.8 Å². The zero-order chi connectivity index (χ0) is 40.1. The zero-order valence-corrected chi connectivity index (χ0v) is 34.3. The van der Waals surface area contributed by atoms with Crippen molar-refractivity contribution in [3.8, 4) is 0 Å². The molecule has 0 saturated heterocycles. The first kappa shape index (κ1) is 38.1. The molecule has 58 heavy (non-hydrogen) atoms. The Morgan fingerprint density at radius 1 is 0.241 bits per heavy atom. The molecular formula is C52H38Br2O4. The number of hydrogen-bond acceptors (Lipinski definition) is 4. The van der Waals surface area contributed by atoms with Gasteiger partial charge in [0.05, 0.1) is 0 Å². The van der Waals surface area contributed by atoms with Gasteiger partial charge in [0, 0.05) is 31.2 Å². The van der Waals surface area contributed by atoms with Crippen LogP contribution in [-0.2, 0) is 22.4 Å². The van der Waals surface area contributed by atoms with Gasteiger partial charge in [-0.3, -0.25) is 0 Å². The van der Waals surface area contributed by atoms with E-state index < -0.39 is 22.4 Å². The molecule has 6 heteroatoms. The molecule has 4 N–H and O–H groups in total. The second-order valence-corrected chi connectivity index (χ2v) is 16.4. The molecule has 0 saturated carbocycles. The van der Waals surface area contributed by atoms with Gasteiger partial charge >= 0.3 is 0 Å². The van der Waals surface area contributed by atoms with Crippen LogP contribution < -0.4 is 0 Å². The Bertz CT molecular complexity index is 2570. The molecule has 4 nitrogen and oxygen atoms in total. The maximum absolute atomic E-state index is 12.3. The maximum atomic E-state index is 12.3. The SMILES string of the molecule is OC1(c2ccccc2)c2ccccc2C(O)(c2ccccc2)c2c(Br)cccc21.OC1(c2ccccc2)c2ccccc2C(O)(c2ccccc2)c2c(Br)cccc21. The Kier molecular flexibility index (Phi) is 9.68. The highest BCUT2D eigenvalue weighted by atomic mass is 79.9. The van der Waals surface area contributed by atoms with Crippen LogP contribution in [0.25, 0.3) is 0 Å². The average Bonchev–Trinajstić information content (AvgIpc) is 3.28. The molecule has 10 rings (SSSR count). The fourth-order valence-corrected chi connectivity index (χ4v) is 10.4. The van der Waals surface area contributed by atoms with Gasteiger partial charge in [0.1, 0.15) is 22.4 Å². The van der Waals surface area contributed by atoms with Crippen LogP contribution in [0.2, 0.25) is 0 Å². The Balaban J connectivity index is 0.000000150. The van der Waals surface area contributed by atoms with E-state index in [1.807, 2.05) is 206 Å². The second-order valence-electron chi connectivity index (χ2n) is 14.7. The summed E-state index contributed by atoms with van der Waals surface area (Å²) in [5, 5.41) is 49.0. The standard InChI is InChI=1S/2C26H19BrO2/c2*27-23-17-9-16-22-24(23)26(29,19-12-5-2-6-13-19)21-15-8-7-14-20(21)25(22,28)18-10-3-1-4-11-18/h2*1-17,28-29H. The van der Waals surface area contributed by atoms with Gasteiger partial charge in [-0.1, -0.05) is 226 Å². The van der Waals surface area contributed by atoms with Gasteiger partial charge in [0.25, 0.3) is 0 Å². The third-order valence-corrected chi connectivity index (χ3v) is 13.0. The molecule has 2 aliphatic rings. The van der Waals surface area contributed by atoms with Crippen molar-refractivity contribution < 1.29 is 20.4 Å². The van der Waals surface area contributed by atoms with Gasteiger partial charge in [-0.2, -0.15) is 0 Å². The fourth-order valence-electron chi connectivity index (χ4n) is 9.11. The number of hydrogen-bond donors (Lipinski definition) is 4. The van der Waals surface area contributed by atoms with Crippen molar-refractivity contribution in [1.82, 2.24) is 0 Å². The van der Waals surface area contributed by atoms with Crippen molar-refractivity contribution in [2.75, 3.05) is 0 Å². The number of halogens is 2. The summed E-state index contributed by atoms with van der Waals surface area (Å²) in [6, 6.07) is 65.1. The van der Waals surface area contributed by atoms with Crippen molar-refractivity contribution in [1.29, 1.82) is 0 Å². The molecule has 8 aromatic rings. The van der Waals surface area contributed by atoms with Crippen molar-refractivity contribution in [3.63, 3.8) is 0 Å². The first-order valence-corrected chi connectivity index (χ1v) is 20.6. The Hall–Kier alpha value is -5.44. The van der Waals surface area contributed by atoms with Crippen molar-refractivity contribution in [2.45, 2.75) is 22.4 Å². The highest BCUT2D eigenvalue weighted by molar-refractivity contribution is 9.10. The molecule has 0 spiro atoms. The molecule has 4 unspecified atom stereocenters. The van der Waals surface area contributed by atoms with Gasteiger partial charge in [-0.05, 0) is 56.6 Å². The number of aliphatic hydroxyl groups is 4. The monoisotopic (exact) mass is 884 g/mol. The van der Waals surface area contributed by atoms with E-state index in [1.165, 1.54) is 0 Å². The highest BCUT2D eigenvalue weighted by Crippen LogP contribution is 2.56. The van der Waals surface area contributed by atoms with Crippen molar-refractivity contribution in [3.05, 3.63) is 282 Å². The molecule has 0 aromatic heterocycles. The fraction of sp³-hybridized carbons (Fsp3) is 0.0769. The van der Waals surface area contributed by atoms with Gasteiger partial charge in [0.15, 0.2) is 0 Å². The third-order valence-electron chi connectivity index (χ3n) is 11.7. The zero-order valence-electron chi connectivity index (χ0n) is 31.2. The summed E-state index contributed by atoms with van der Waals surface area (Å²) in [5.74, 6) is 0. The van der Waals surface area contributed by atoms with Gasteiger partial charge < -0.3 is 20.4 Å². The van der Waals surface area contributed by atoms with E-state index in [9.17, 15) is 20.4 Å². The van der Waals surface area contributed by atoms with Crippen molar-refractivity contribution in [2.24, 2.45) is 0 Å². The molecule has 0 fully saturated rings. The Morgan fingerprint density at radius 2 is 0.466 bits per heavy atom. The lowest BCUT2D eigenvalue weighted by atomic mass is 9.63. The molecule has 0 bridgehead atoms. The van der Waals surface area contributed by atoms with Crippen LogP contribution in [0, 0.1) is 0 Å². The lowest BCUT2D eigenvalue weighted by Gasteiger charge is -2.45. The first-order valence-electron chi connectivity index (χ1n) is 19.1. The van der Waals surface area contributed by atoms with Gasteiger partial charge in [-0.25, -0.2) is 0 Å². The van der Waals surface area contributed by atoms with Crippen LogP contribution in [0.3, 0.4) is 0 Å². The molecular weight excluding hydrogens is 848 g/mol. The Morgan fingerprint density at radius 3 is 0.759 bits per heavy atom. The summed E-state index contributed by atoms with van der Waals surface area (Å²) in [6.07, 6.45) is 0. The van der Waals surface area contributed by atoms with E-state index >= 15 is 0 Å². The van der Waals surface area contributed by atoms with E-state index in [1.54, 1.807) is 0 Å². The van der Waals surface area contributed by atoms with Gasteiger partial charge in [-0.15, -0.1) is 0 Å². The average molecular weight is 887 g/mol. The molecule has 8 aromatic carbocycles. The lowest BCUT2D eigenvalue weighted by Crippen LogP contribution is -2.44. The topological polar surface area (TPSA) is 80.9 Å². The van der Waals surface area contributed by atoms with E-state index in [0.29, 0.717) is 44.5 Å². The number of rotatable bonds is 4. The minimum Gasteiger partial charge on any atom is -0.376 e. The third kappa shape index (κ3) is 5.63. The highest BCUT2D eigenvalue weighted by Gasteiger charge is 2.53. The lowest BCUT2D eigenvalue weighted by molar-refractivity contribution is 0.0742. The van der Waals surface area contributed by atoms with E-state index in [-0.39, 0.29) is 0 Å². The molecule has 4 atom stereocenters.